The lowest BCUT2D eigenvalue weighted by Gasteiger charge is -2.13. The summed E-state index contributed by atoms with van der Waals surface area (Å²) in [5, 5.41) is 3.39. The van der Waals surface area contributed by atoms with Gasteiger partial charge in [0, 0.05) is 6.54 Å². The standard InChI is InChI=1S/C13H19NO/c1-3-10(2)9-15-12-6-4-5-11-7-8-14-13(11)12/h4-6,10,14H,3,7-9H2,1-2H3. The molecule has 0 fully saturated rings. The van der Waals surface area contributed by atoms with Gasteiger partial charge in [-0.2, -0.15) is 0 Å². The predicted octanol–water partition coefficient (Wildman–Crippen LogP) is 3.08. The van der Waals surface area contributed by atoms with E-state index in [1.807, 2.05) is 0 Å². The monoisotopic (exact) mass is 205 g/mol. The Morgan fingerprint density at radius 3 is 3.13 bits per heavy atom. The molecule has 1 unspecified atom stereocenters. The van der Waals surface area contributed by atoms with Crippen LogP contribution in [0.4, 0.5) is 5.69 Å². The van der Waals surface area contributed by atoms with E-state index in [2.05, 4.69) is 37.4 Å². The lowest BCUT2D eigenvalue weighted by molar-refractivity contribution is 0.258. The minimum absolute atomic E-state index is 0.627. The van der Waals surface area contributed by atoms with Crippen molar-refractivity contribution in [3.8, 4) is 5.75 Å². The predicted molar refractivity (Wildman–Crippen MR) is 63.6 cm³/mol. The van der Waals surface area contributed by atoms with E-state index in [0.717, 1.165) is 25.3 Å². The van der Waals surface area contributed by atoms with Gasteiger partial charge in [0.1, 0.15) is 5.75 Å². The van der Waals surface area contributed by atoms with Crippen LogP contribution in [0.1, 0.15) is 25.8 Å². The van der Waals surface area contributed by atoms with Crippen molar-refractivity contribution in [2.24, 2.45) is 5.92 Å². The molecular weight excluding hydrogens is 186 g/mol. The number of para-hydroxylation sites is 1. The van der Waals surface area contributed by atoms with E-state index in [4.69, 9.17) is 4.74 Å². The highest BCUT2D eigenvalue weighted by Gasteiger charge is 2.14. The van der Waals surface area contributed by atoms with Crippen molar-refractivity contribution in [1.29, 1.82) is 0 Å². The van der Waals surface area contributed by atoms with Crippen molar-refractivity contribution in [3.05, 3.63) is 23.8 Å². The van der Waals surface area contributed by atoms with Crippen LogP contribution < -0.4 is 10.1 Å². The SMILES string of the molecule is CCC(C)COc1cccc2c1NCC2. The highest BCUT2D eigenvalue weighted by atomic mass is 16.5. The highest BCUT2D eigenvalue weighted by Crippen LogP contribution is 2.32. The smallest absolute Gasteiger partial charge is 0.142 e. The average Bonchev–Trinajstić information content (AvgIpc) is 2.74. The number of benzene rings is 1. The minimum Gasteiger partial charge on any atom is -0.491 e. The van der Waals surface area contributed by atoms with E-state index in [1.165, 1.54) is 17.7 Å². The van der Waals surface area contributed by atoms with Crippen LogP contribution in [-0.4, -0.2) is 13.2 Å². The van der Waals surface area contributed by atoms with E-state index >= 15 is 0 Å². The third-order valence-electron chi connectivity index (χ3n) is 3.03. The van der Waals surface area contributed by atoms with Gasteiger partial charge in [-0.05, 0) is 24.0 Å². The van der Waals surface area contributed by atoms with Gasteiger partial charge in [0.15, 0.2) is 0 Å². The molecule has 0 saturated heterocycles. The van der Waals surface area contributed by atoms with Gasteiger partial charge >= 0.3 is 0 Å². The van der Waals surface area contributed by atoms with Crippen LogP contribution in [0.25, 0.3) is 0 Å². The van der Waals surface area contributed by atoms with Crippen molar-refractivity contribution >= 4 is 5.69 Å². The Morgan fingerprint density at radius 1 is 1.47 bits per heavy atom. The summed E-state index contributed by atoms with van der Waals surface area (Å²) in [5.74, 6) is 1.65. The molecule has 2 heteroatoms. The van der Waals surface area contributed by atoms with Crippen LogP contribution in [0, 0.1) is 5.92 Å². The zero-order chi connectivity index (χ0) is 10.7. The number of fused-ring (bicyclic) bond motifs is 1. The molecule has 0 radical (unpaired) electrons. The molecule has 0 spiro atoms. The average molecular weight is 205 g/mol. The summed E-state index contributed by atoms with van der Waals surface area (Å²) in [7, 11) is 0. The Morgan fingerprint density at radius 2 is 2.33 bits per heavy atom. The van der Waals surface area contributed by atoms with Gasteiger partial charge in [0.25, 0.3) is 0 Å². The molecular formula is C13H19NO. The molecule has 1 aromatic carbocycles. The maximum absolute atomic E-state index is 5.84. The summed E-state index contributed by atoms with van der Waals surface area (Å²) in [6, 6.07) is 6.31. The summed E-state index contributed by atoms with van der Waals surface area (Å²) in [4.78, 5) is 0. The molecule has 0 aliphatic carbocycles. The third kappa shape index (κ3) is 2.25. The van der Waals surface area contributed by atoms with Crippen LogP contribution >= 0.6 is 0 Å². The fourth-order valence-corrected chi connectivity index (χ4v) is 1.78. The number of nitrogens with one attached hydrogen (secondary N) is 1. The normalized spacial score (nSPS) is 15.6. The van der Waals surface area contributed by atoms with Gasteiger partial charge in [-0.1, -0.05) is 32.4 Å². The second-order valence-corrected chi connectivity index (χ2v) is 4.29. The number of anilines is 1. The Labute approximate surface area is 91.6 Å². The lowest BCUT2D eigenvalue weighted by Crippen LogP contribution is -2.08. The maximum Gasteiger partial charge on any atom is 0.142 e. The number of hydrogen-bond donors (Lipinski definition) is 1. The summed E-state index contributed by atoms with van der Waals surface area (Å²) in [6.45, 7) is 6.27. The van der Waals surface area contributed by atoms with E-state index in [1.54, 1.807) is 0 Å². The first-order valence-corrected chi connectivity index (χ1v) is 5.79. The fraction of sp³-hybridized carbons (Fsp3) is 0.538. The zero-order valence-electron chi connectivity index (χ0n) is 9.55. The van der Waals surface area contributed by atoms with E-state index in [-0.39, 0.29) is 0 Å². The molecule has 82 valence electrons. The van der Waals surface area contributed by atoms with Crippen LogP contribution in [0.5, 0.6) is 5.75 Å². The molecule has 1 atom stereocenters. The van der Waals surface area contributed by atoms with Crippen LogP contribution in [0.2, 0.25) is 0 Å². The molecule has 0 amide bonds. The van der Waals surface area contributed by atoms with Crippen LogP contribution in [-0.2, 0) is 6.42 Å². The quantitative estimate of drug-likeness (QED) is 0.815. The molecule has 2 nitrogen and oxygen atoms in total. The van der Waals surface area contributed by atoms with Crippen LogP contribution in [0.15, 0.2) is 18.2 Å². The van der Waals surface area contributed by atoms with Crippen molar-refractivity contribution in [1.82, 2.24) is 0 Å². The van der Waals surface area contributed by atoms with Crippen molar-refractivity contribution in [2.45, 2.75) is 26.7 Å². The summed E-state index contributed by atoms with van der Waals surface area (Å²) < 4.78 is 5.84. The van der Waals surface area contributed by atoms with Gasteiger partial charge < -0.3 is 10.1 Å². The minimum atomic E-state index is 0.627. The first kappa shape index (κ1) is 10.3. The van der Waals surface area contributed by atoms with E-state index < -0.39 is 0 Å². The number of hydrogen-bond acceptors (Lipinski definition) is 2. The molecule has 0 aromatic heterocycles. The highest BCUT2D eigenvalue weighted by molar-refractivity contribution is 5.65. The summed E-state index contributed by atoms with van der Waals surface area (Å²) in [5.41, 5.74) is 2.59. The van der Waals surface area contributed by atoms with Crippen molar-refractivity contribution < 1.29 is 4.74 Å². The topological polar surface area (TPSA) is 21.3 Å². The van der Waals surface area contributed by atoms with E-state index in [0.29, 0.717) is 5.92 Å². The molecule has 1 N–H and O–H groups in total. The Balaban J connectivity index is 2.06. The second kappa shape index (κ2) is 4.56. The largest absolute Gasteiger partial charge is 0.491 e. The summed E-state index contributed by atoms with van der Waals surface area (Å²) >= 11 is 0. The third-order valence-corrected chi connectivity index (χ3v) is 3.03. The first-order chi connectivity index (χ1) is 7.31. The number of rotatable bonds is 4. The molecule has 2 rings (SSSR count). The Kier molecular flexibility index (Phi) is 3.14. The van der Waals surface area contributed by atoms with Crippen molar-refractivity contribution in [3.63, 3.8) is 0 Å². The molecule has 15 heavy (non-hydrogen) atoms. The Hall–Kier alpha value is -1.18. The van der Waals surface area contributed by atoms with Gasteiger partial charge in [-0.25, -0.2) is 0 Å². The van der Waals surface area contributed by atoms with E-state index in [9.17, 15) is 0 Å². The molecule has 1 aliphatic rings. The first-order valence-electron chi connectivity index (χ1n) is 5.79. The zero-order valence-corrected chi connectivity index (χ0v) is 9.55. The maximum atomic E-state index is 5.84. The van der Waals surface area contributed by atoms with Crippen LogP contribution in [0.3, 0.4) is 0 Å². The Bertz CT molecular complexity index is 335. The van der Waals surface area contributed by atoms with Gasteiger partial charge in [0.05, 0.1) is 12.3 Å². The summed E-state index contributed by atoms with van der Waals surface area (Å²) in [6.07, 6.45) is 2.29. The molecule has 1 aromatic rings. The fourth-order valence-electron chi connectivity index (χ4n) is 1.78. The number of ether oxygens (including phenoxy) is 1. The molecule has 1 aliphatic heterocycles. The van der Waals surface area contributed by atoms with Crippen molar-refractivity contribution in [2.75, 3.05) is 18.5 Å². The van der Waals surface area contributed by atoms with Gasteiger partial charge in [-0.15, -0.1) is 0 Å². The molecule has 0 bridgehead atoms. The van der Waals surface area contributed by atoms with Gasteiger partial charge in [-0.3, -0.25) is 0 Å². The van der Waals surface area contributed by atoms with Gasteiger partial charge in [0.2, 0.25) is 0 Å². The second-order valence-electron chi connectivity index (χ2n) is 4.29. The lowest BCUT2D eigenvalue weighted by atomic mass is 10.1. The molecule has 1 heterocycles. The molecule has 0 saturated carbocycles.